The molecule has 1 aliphatic heterocycles. The summed E-state index contributed by atoms with van der Waals surface area (Å²) in [5.74, 6) is -0.209. The van der Waals surface area contributed by atoms with Crippen LogP contribution in [0, 0.1) is 5.82 Å². The zero-order valence-corrected chi connectivity index (χ0v) is 9.07. The van der Waals surface area contributed by atoms with Crippen molar-refractivity contribution in [1.82, 2.24) is 0 Å². The van der Waals surface area contributed by atoms with Gasteiger partial charge in [-0.2, -0.15) is 0 Å². The number of anilines is 1. The second kappa shape index (κ2) is 3.44. The molecule has 1 heterocycles. The third-order valence-corrected chi connectivity index (χ3v) is 3.38. The summed E-state index contributed by atoms with van der Waals surface area (Å²) in [5.41, 5.74) is 2.18. The number of nitrogens with two attached hydrogens (primary N) is 1. The molecule has 1 aromatic carbocycles. The second-order valence-electron chi connectivity index (χ2n) is 3.69. The average molecular weight is 212 g/mol. The molecular weight excluding hydrogens is 199 g/mol. The summed E-state index contributed by atoms with van der Waals surface area (Å²) < 4.78 is 13.4. The Kier molecular flexibility index (Phi) is 2.41. The number of hydrogen-bond donors (Lipinski definition) is 1. The van der Waals surface area contributed by atoms with E-state index in [0.29, 0.717) is 10.9 Å². The molecule has 0 radical (unpaired) electrons. The van der Waals surface area contributed by atoms with Crippen LogP contribution in [0.25, 0.3) is 0 Å². The number of nitrogens with zero attached hydrogens (tertiary/aromatic N) is 1. The highest BCUT2D eigenvalue weighted by atomic mass is 32.2. The molecule has 76 valence electrons. The van der Waals surface area contributed by atoms with Crippen molar-refractivity contribution in [3.05, 3.63) is 23.5 Å². The van der Waals surface area contributed by atoms with Gasteiger partial charge in [0.05, 0.1) is 4.90 Å². The van der Waals surface area contributed by atoms with E-state index in [4.69, 9.17) is 5.14 Å². The molecule has 1 atom stereocenters. The SMILES string of the molecule is C[C@@H]1Cc2cc(F)c(SN)cc2N1C. The van der Waals surface area contributed by atoms with Crippen molar-refractivity contribution in [2.75, 3.05) is 11.9 Å². The third kappa shape index (κ3) is 1.38. The molecule has 2 rings (SSSR count). The number of likely N-dealkylation sites (N-methyl/N-ethyl adjacent to an activating group) is 1. The van der Waals surface area contributed by atoms with Gasteiger partial charge in [0.15, 0.2) is 0 Å². The highest BCUT2D eigenvalue weighted by Gasteiger charge is 2.24. The molecule has 0 bridgehead atoms. The van der Waals surface area contributed by atoms with Crippen LogP contribution in [-0.2, 0) is 6.42 Å². The van der Waals surface area contributed by atoms with Crippen molar-refractivity contribution in [3.63, 3.8) is 0 Å². The molecule has 0 unspecified atom stereocenters. The van der Waals surface area contributed by atoms with Gasteiger partial charge >= 0.3 is 0 Å². The third-order valence-electron chi connectivity index (χ3n) is 2.82. The van der Waals surface area contributed by atoms with E-state index < -0.39 is 0 Å². The molecule has 0 amide bonds. The van der Waals surface area contributed by atoms with Crippen LogP contribution in [0.15, 0.2) is 17.0 Å². The first-order chi connectivity index (χ1) is 6.63. The van der Waals surface area contributed by atoms with Gasteiger partial charge in [0.1, 0.15) is 5.82 Å². The van der Waals surface area contributed by atoms with Crippen LogP contribution in [-0.4, -0.2) is 13.1 Å². The van der Waals surface area contributed by atoms with Crippen LogP contribution in [0.1, 0.15) is 12.5 Å². The zero-order valence-electron chi connectivity index (χ0n) is 8.25. The maximum Gasteiger partial charge on any atom is 0.138 e. The summed E-state index contributed by atoms with van der Waals surface area (Å²) in [6.45, 7) is 2.13. The number of rotatable bonds is 1. The van der Waals surface area contributed by atoms with Gasteiger partial charge in [-0.3, -0.25) is 5.14 Å². The van der Waals surface area contributed by atoms with Crippen LogP contribution in [0.5, 0.6) is 0 Å². The Hall–Kier alpha value is -0.740. The number of halogens is 1. The fraction of sp³-hybridized carbons (Fsp3) is 0.400. The number of fused-ring (bicyclic) bond motifs is 1. The van der Waals surface area contributed by atoms with Crippen LogP contribution < -0.4 is 10.0 Å². The first-order valence-electron chi connectivity index (χ1n) is 4.55. The lowest BCUT2D eigenvalue weighted by molar-refractivity contribution is 0.600. The molecule has 0 saturated heterocycles. The van der Waals surface area contributed by atoms with Gasteiger partial charge in [0.2, 0.25) is 0 Å². The lowest BCUT2D eigenvalue weighted by atomic mass is 10.1. The molecule has 0 spiro atoms. The standard InChI is InChI=1S/C10H13FN2S/c1-6-3-7-4-8(11)10(14-12)5-9(7)13(6)2/h4-6H,3,12H2,1-2H3/t6-/m1/s1. The highest BCUT2D eigenvalue weighted by molar-refractivity contribution is 7.97. The van der Waals surface area contributed by atoms with Crippen molar-refractivity contribution in [1.29, 1.82) is 0 Å². The summed E-state index contributed by atoms with van der Waals surface area (Å²) in [6, 6.07) is 3.88. The molecule has 4 heteroatoms. The van der Waals surface area contributed by atoms with Crippen LogP contribution >= 0.6 is 11.9 Å². The topological polar surface area (TPSA) is 29.3 Å². The van der Waals surface area contributed by atoms with Crippen molar-refractivity contribution < 1.29 is 4.39 Å². The maximum atomic E-state index is 13.4. The number of benzene rings is 1. The van der Waals surface area contributed by atoms with Gasteiger partial charge in [-0.1, -0.05) is 0 Å². The second-order valence-corrected chi connectivity index (χ2v) is 4.37. The largest absolute Gasteiger partial charge is 0.371 e. The molecule has 0 saturated carbocycles. The predicted octanol–water partition coefficient (Wildman–Crippen LogP) is 2.17. The molecule has 0 fully saturated rings. The van der Waals surface area contributed by atoms with E-state index >= 15 is 0 Å². The zero-order chi connectivity index (χ0) is 10.3. The van der Waals surface area contributed by atoms with Crippen LogP contribution in [0.4, 0.5) is 10.1 Å². The first-order valence-corrected chi connectivity index (χ1v) is 5.43. The van der Waals surface area contributed by atoms with Gasteiger partial charge in [-0.25, -0.2) is 4.39 Å². The summed E-state index contributed by atoms with van der Waals surface area (Å²) in [7, 11) is 2.03. The highest BCUT2D eigenvalue weighted by Crippen LogP contribution is 2.34. The minimum absolute atomic E-state index is 0.209. The Morgan fingerprint density at radius 2 is 2.29 bits per heavy atom. The minimum Gasteiger partial charge on any atom is -0.371 e. The van der Waals surface area contributed by atoms with Crippen molar-refractivity contribution in [2.45, 2.75) is 24.3 Å². The molecule has 2 N–H and O–H groups in total. The Bertz CT molecular complexity index is 367. The normalized spacial score (nSPS) is 20.0. The Balaban J connectivity index is 2.49. The maximum absolute atomic E-state index is 13.4. The van der Waals surface area contributed by atoms with E-state index in [0.717, 1.165) is 29.6 Å². The molecule has 0 aromatic heterocycles. The Labute approximate surface area is 87.4 Å². The first kappa shape index (κ1) is 9.80. The predicted molar refractivity (Wildman–Crippen MR) is 58.0 cm³/mol. The van der Waals surface area contributed by atoms with Gasteiger partial charge in [-0.15, -0.1) is 0 Å². The molecule has 2 nitrogen and oxygen atoms in total. The van der Waals surface area contributed by atoms with Gasteiger partial charge < -0.3 is 4.90 Å². The fourth-order valence-electron chi connectivity index (χ4n) is 1.86. The van der Waals surface area contributed by atoms with E-state index in [9.17, 15) is 4.39 Å². The lowest BCUT2D eigenvalue weighted by Gasteiger charge is -2.18. The van der Waals surface area contributed by atoms with Gasteiger partial charge in [0.25, 0.3) is 0 Å². The average Bonchev–Trinajstić information content (AvgIpc) is 2.41. The van der Waals surface area contributed by atoms with Crippen molar-refractivity contribution >= 4 is 17.6 Å². The monoisotopic (exact) mass is 212 g/mol. The van der Waals surface area contributed by atoms with Crippen LogP contribution in [0.2, 0.25) is 0 Å². The van der Waals surface area contributed by atoms with Crippen LogP contribution in [0.3, 0.4) is 0 Å². The smallest absolute Gasteiger partial charge is 0.138 e. The van der Waals surface area contributed by atoms with E-state index in [-0.39, 0.29) is 5.82 Å². The van der Waals surface area contributed by atoms with Gasteiger partial charge in [0, 0.05) is 18.8 Å². The summed E-state index contributed by atoms with van der Waals surface area (Å²) >= 11 is 0.963. The molecule has 1 aromatic rings. The van der Waals surface area contributed by atoms with E-state index in [1.807, 2.05) is 13.1 Å². The summed E-state index contributed by atoms with van der Waals surface area (Å²) in [4.78, 5) is 2.68. The van der Waals surface area contributed by atoms with Crippen molar-refractivity contribution in [2.24, 2.45) is 5.14 Å². The summed E-state index contributed by atoms with van der Waals surface area (Å²) in [5, 5.41) is 5.38. The molecule has 14 heavy (non-hydrogen) atoms. The molecular formula is C10H13FN2S. The lowest BCUT2D eigenvalue weighted by Crippen LogP contribution is -2.23. The van der Waals surface area contributed by atoms with E-state index in [1.54, 1.807) is 6.07 Å². The summed E-state index contributed by atoms with van der Waals surface area (Å²) in [6.07, 6.45) is 0.915. The Morgan fingerprint density at radius 1 is 1.57 bits per heavy atom. The quantitative estimate of drug-likeness (QED) is 0.723. The fourth-order valence-corrected chi connectivity index (χ4v) is 2.21. The van der Waals surface area contributed by atoms with Gasteiger partial charge in [-0.05, 0) is 43.0 Å². The van der Waals surface area contributed by atoms with E-state index in [1.165, 1.54) is 0 Å². The molecule has 1 aliphatic rings. The van der Waals surface area contributed by atoms with Crippen molar-refractivity contribution in [3.8, 4) is 0 Å². The Morgan fingerprint density at radius 3 is 2.93 bits per heavy atom. The minimum atomic E-state index is -0.209. The number of hydrogen-bond acceptors (Lipinski definition) is 3. The molecule has 0 aliphatic carbocycles. The van der Waals surface area contributed by atoms with E-state index in [2.05, 4.69) is 11.8 Å².